The van der Waals surface area contributed by atoms with Gasteiger partial charge in [-0.2, -0.15) is 0 Å². The lowest BCUT2D eigenvalue weighted by Gasteiger charge is -2.20. The molecule has 102 valence electrons. The smallest absolute Gasteiger partial charge is 0.0709 e. The molecule has 18 heavy (non-hydrogen) atoms. The van der Waals surface area contributed by atoms with Crippen LogP contribution in [0.4, 0.5) is 0 Å². The summed E-state index contributed by atoms with van der Waals surface area (Å²) in [5.74, 6) is 0. The second-order valence-electron chi connectivity index (χ2n) is 4.64. The number of hydrogen-bond acceptors (Lipinski definition) is 3. The van der Waals surface area contributed by atoms with E-state index < -0.39 is 0 Å². The highest BCUT2D eigenvalue weighted by Gasteiger charge is 2.07. The Labute approximate surface area is 111 Å². The predicted molar refractivity (Wildman–Crippen MR) is 76.7 cm³/mol. The molecule has 0 spiro atoms. The lowest BCUT2D eigenvalue weighted by Crippen LogP contribution is -2.30. The van der Waals surface area contributed by atoms with E-state index in [9.17, 15) is 0 Å². The molecule has 0 fully saturated rings. The maximum absolute atomic E-state index is 5.67. The van der Waals surface area contributed by atoms with Gasteiger partial charge in [-0.15, -0.1) is 0 Å². The number of nitrogens with zero attached hydrogens (tertiary/aromatic N) is 1. The minimum atomic E-state index is 0.203. The summed E-state index contributed by atoms with van der Waals surface area (Å²) >= 11 is 0. The largest absolute Gasteiger partial charge is 0.377 e. The van der Waals surface area contributed by atoms with Gasteiger partial charge in [-0.1, -0.05) is 30.3 Å². The van der Waals surface area contributed by atoms with Crippen LogP contribution in [0, 0.1) is 0 Å². The summed E-state index contributed by atoms with van der Waals surface area (Å²) in [5.41, 5.74) is 7.06. The second-order valence-corrected chi connectivity index (χ2v) is 4.64. The van der Waals surface area contributed by atoms with E-state index in [4.69, 9.17) is 10.5 Å². The van der Waals surface area contributed by atoms with Gasteiger partial charge in [0.2, 0.25) is 0 Å². The zero-order chi connectivity index (χ0) is 13.2. The first-order valence-corrected chi connectivity index (χ1v) is 6.80. The SMILES string of the molecule is CCOC(CN)CCN(C)CCc1ccccc1. The highest BCUT2D eigenvalue weighted by molar-refractivity contribution is 5.14. The Morgan fingerprint density at radius 3 is 2.56 bits per heavy atom. The van der Waals surface area contributed by atoms with Gasteiger partial charge in [-0.3, -0.25) is 0 Å². The summed E-state index contributed by atoms with van der Waals surface area (Å²) in [5, 5.41) is 0. The molecule has 0 saturated carbocycles. The van der Waals surface area contributed by atoms with Crippen molar-refractivity contribution in [3.05, 3.63) is 35.9 Å². The zero-order valence-corrected chi connectivity index (χ0v) is 11.6. The third-order valence-electron chi connectivity index (χ3n) is 3.12. The molecule has 1 atom stereocenters. The van der Waals surface area contributed by atoms with Crippen molar-refractivity contribution in [1.29, 1.82) is 0 Å². The highest BCUT2D eigenvalue weighted by atomic mass is 16.5. The molecular weight excluding hydrogens is 224 g/mol. The van der Waals surface area contributed by atoms with Gasteiger partial charge in [0.05, 0.1) is 6.10 Å². The van der Waals surface area contributed by atoms with Crippen LogP contribution in [0.25, 0.3) is 0 Å². The first kappa shape index (κ1) is 15.2. The molecule has 0 bridgehead atoms. The van der Waals surface area contributed by atoms with E-state index in [1.807, 2.05) is 6.92 Å². The average molecular weight is 250 g/mol. The number of likely N-dealkylation sites (N-methyl/N-ethyl adjacent to an activating group) is 1. The summed E-state index contributed by atoms with van der Waals surface area (Å²) in [6.07, 6.45) is 2.31. The third kappa shape index (κ3) is 6.15. The topological polar surface area (TPSA) is 38.5 Å². The lowest BCUT2D eigenvalue weighted by molar-refractivity contribution is 0.0565. The molecule has 0 radical (unpaired) electrons. The minimum absolute atomic E-state index is 0.203. The fourth-order valence-corrected chi connectivity index (χ4v) is 1.95. The molecule has 1 aromatic rings. The number of rotatable bonds is 9. The molecule has 0 aromatic heterocycles. The maximum atomic E-state index is 5.67. The van der Waals surface area contributed by atoms with E-state index in [1.165, 1.54) is 5.56 Å². The summed E-state index contributed by atoms with van der Waals surface area (Å²) in [6, 6.07) is 10.6. The molecule has 1 rings (SSSR count). The van der Waals surface area contributed by atoms with Gasteiger partial charge in [0.15, 0.2) is 0 Å². The maximum Gasteiger partial charge on any atom is 0.0709 e. The summed E-state index contributed by atoms with van der Waals surface area (Å²) in [7, 11) is 2.16. The number of hydrogen-bond donors (Lipinski definition) is 1. The number of nitrogens with two attached hydrogens (primary N) is 1. The normalized spacial score (nSPS) is 12.9. The van der Waals surface area contributed by atoms with Gasteiger partial charge in [0, 0.05) is 26.2 Å². The zero-order valence-electron chi connectivity index (χ0n) is 11.6. The van der Waals surface area contributed by atoms with Crippen molar-refractivity contribution in [2.24, 2.45) is 5.73 Å². The van der Waals surface area contributed by atoms with E-state index in [2.05, 4.69) is 42.3 Å². The van der Waals surface area contributed by atoms with E-state index in [0.717, 1.165) is 32.5 Å². The quantitative estimate of drug-likeness (QED) is 0.727. The molecule has 3 heteroatoms. The molecule has 0 aliphatic carbocycles. The summed E-state index contributed by atoms with van der Waals surface area (Å²) in [4.78, 5) is 2.34. The van der Waals surface area contributed by atoms with Crippen LogP contribution in [-0.2, 0) is 11.2 Å². The van der Waals surface area contributed by atoms with Crippen LogP contribution in [0.3, 0.4) is 0 Å². The van der Waals surface area contributed by atoms with E-state index in [-0.39, 0.29) is 6.10 Å². The van der Waals surface area contributed by atoms with Crippen LogP contribution >= 0.6 is 0 Å². The minimum Gasteiger partial charge on any atom is -0.377 e. The molecular formula is C15H26N2O. The molecule has 2 N–H and O–H groups in total. The van der Waals surface area contributed by atoms with Crippen LogP contribution in [0.1, 0.15) is 18.9 Å². The first-order chi connectivity index (χ1) is 8.76. The van der Waals surface area contributed by atoms with Gasteiger partial charge in [-0.05, 0) is 32.4 Å². The average Bonchev–Trinajstić information content (AvgIpc) is 2.42. The van der Waals surface area contributed by atoms with Crippen LogP contribution in [0.5, 0.6) is 0 Å². The molecule has 0 aliphatic heterocycles. The number of benzene rings is 1. The van der Waals surface area contributed by atoms with Crippen molar-refractivity contribution in [2.45, 2.75) is 25.9 Å². The van der Waals surface area contributed by atoms with Crippen molar-refractivity contribution in [1.82, 2.24) is 4.90 Å². The van der Waals surface area contributed by atoms with E-state index in [0.29, 0.717) is 6.54 Å². The fourth-order valence-electron chi connectivity index (χ4n) is 1.95. The first-order valence-electron chi connectivity index (χ1n) is 6.80. The van der Waals surface area contributed by atoms with Gasteiger partial charge in [0.1, 0.15) is 0 Å². The van der Waals surface area contributed by atoms with Crippen molar-refractivity contribution in [3.63, 3.8) is 0 Å². The van der Waals surface area contributed by atoms with E-state index in [1.54, 1.807) is 0 Å². The Hall–Kier alpha value is -0.900. The second kappa shape index (κ2) is 9.09. The Balaban J connectivity index is 2.19. The van der Waals surface area contributed by atoms with Crippen LogP contribution < -0.4 is 5.73 Å². The molecule has 1 aromatic carbocycles. The summed E-state index contributed by atoms with van der Waals surface area (Å²) in [6.45, 7) is 5.49. The molecule has 0 heterocycles. The Morgan fingerprint density at radius 1 is 1.22 bits per heavy atom. The molecule has 0 saturated heterocycles. The highest BCUT2D eigenvalue weighted by Crippen LogP contribution is 2.03. The fraction of sp³-hybridized carbons (Fsp3) is 0.600. The molecule has 3 nitrogen and oxygen atoms in total. The molecule has 0 amide bonds. The monoisotopic (exact) mass is 250 g/mol. The van der Waals surface area contributed by atoms with Gasteiger partial charge < -0.3 is 15.4 Å². The van der Waals surface area contributed by atoms with E-state index >= 15 is 0 Å². The molecule has 0 aliphatic rings. The van der Waals surface area contributed by atoms with Gasteiger partial charge >= 0.3 is 0 Å². The lowest BCUT2D eigenvalue weighted by atomic mass is 10.1. The van der Waals surface area contributed by atoms with Gasteiger partial charge in [-0.25, -0.2) is 0 Å². The third-order valence-corrected chi connectivity index (χ3v) is 3.12. The van der Waals surface area contributed by atoms with Crippen molar-refractivity contribution < 1.29 is 4.74 Å². The predicted octanol–water partition coefficient (Wildman–Crippen LogP) is 1.91. The van der Waals surface area contributed by atoms with Crippen LogP contribution in [0.2, 0.25) is 0 Å². The Kier molecular flexibility index (Phi) is 7.65. The number of ether oxygens (including phenoxy) is 1. The molecule has 1 unspecified atom stereocenters. The Morgan fingerprint density at radius 2 is 1.94 bits per heavy atom. The van der Waals surface area contributed by atoms with Crippen molar-refractivity contribution in [2.75, 3.05) is 33.3 Å². The van der Waals surface area contributed by atoms with Crippen molar-refractivity contribution in [3.8, 4) is 0 Å². The van der Waals surface area contributed by atoms with Crippen LogP contribution in [-0.4, -0.2) is 44.3 Å². The van der Waals surface area contributed by atoms with Crippen molar-refractivity contribution >= 4 is 0 Å². The summed E-state index contributed by atoms with van der Waals surface area (Å²) < 4.78 is 5.55. The Bertz CT molecular complexity index is 303. The van der Waals surface area contributed by atoms with Crippen LogP contribution in [0.15, 0.2) is 30.3 Å². The standard InChI is InChI=1S/C15H26N2O/c1-3-18-15(13-16)10-12-17(2)11-9-14-7-5-4-6-8-14/h4-8,15H,3,9-13,16H2,1-2H3. The van der Waals surface area contributed by atoms with Gasteiger partial charge in [0.25, 0.3) is 0 Å².